The molecule has 27 heavy (non-hydrogen) atoms. The third kappa shape index (κ3) is 3.56. The van der Waals surface area contributed by atoms with E-state index in [1.165, 1.54) is 46.5 Å². The fraction of sp³-hybridized carbons (Fsp3) is 0.696. The molecule has 2 aliphatic heterocycles. The van der Waals surface area contributed by atoms with E-state index in [9.17, 15) is 0 Å². The molecule has 4 heteroatoms. The Balaban J connectivity index is 1.67. The standard InChI is InChI=1S/C23H35N3S/c1-15-10-11-18(24-14-15)17-8-7-9-19-20(17)27-21(25-19)16-12-22(2,3)26(6)23(4,5)13-16/h7-9,15-16,18,24H,10-14H2,1-6H3/t15-,18+/m0/s1. The number of fused-ring (bicyclic) bond motifs is 1. The Morgan fingerprint density at radius 1 is 1.11 bits per heavy atom. The number of thiazole rings is 1. The average Bonchev–Trinajstić information content (AvgIpc) is 3.04. The minimum Gasteiger partial charge on any atom is -0.310 e. The number of benzene rings is 1. The molecule has 0 amide bonds. The largest absolute Gasteiger partial charge is 0.310 e. The van der Waals surface area contributed by atoms with Crippen LogP contribution in [0.15, 0.2) is 18.2 Å². The van der Waals surface area contributed by atoms with Crippen LogP contribution in [0.3, 0.4) is 0 Å². The predicted octanol–water partition coefficient (Wildman–Crippen LogP) is 5.72. The van der Waals surface area contributed by atoms with Gasteiger partial charge in [0, 0.05) is 23.0 Å². The highest BCUT2D eigenvalue weighted by molar-refractivity contribution is 7.18. The highest BCUT2D eigenvalue weighted by atomic mass is 32.1. The van der Waals surface area contributed by atoms with Gasteiger partial charge in [-0.2, -0.15) is 0 Å². The van der Waals surface area contributed by atoms with Gasteiger partial charge in [0.2, 0.25) is 0 Å². The first-order valence-electron chi connectivity index (χ1n) is 10.5. The highest BCUT2D eigenvalue weighted by Crippen LogP contribution is 2.47. The zero-order valence-corrected chi connectivity index (χ0v) is 18.6. The van der Waals surface area contributed by atoms with Crippen molar-refractivity contribution in [1.82, 2.24) is 15.2 Å². The summed E-state index contributed by atoms with van der Waals surface area (Å²) in [5, 5.41) is 5.11. The summed E-state index contributed by atoms with van der Waals surface area (Å²) in [7, 11) is 2.28. The number of aromatic nitrogens is 1. The number of nitrogens with zero attached hydrogens (tertiary/aromatic N) is 2. The Hall–Kier alpha value is -0.970. The first-order valence-corrected chi connectivity index (χ1v) is 11.4. The summed E-state index contributed by atoms with van der Waals surface area (Å²) in [6.07, 6.45) is 4.92. The normalized spacial score (nSPS) is 29.3. The lowest BCUT2D eigenvalue weighted by Gasteiger charge is -2.53. The molecule has 2 aromatic rings. The second-order valence-electron chi connectivity index (χ2n) is 10.2. The van der Waals surface area contributed by atoms with Crippen molar-refractivity contribution in [2.75, 3.05) is 13.6 Å². The van der Waals surface area contributed by atoms with E-state index in [0.29, 0.717) is 12.0 Å². The first kappa shape index (κ1) is 19.4. The molecule has 0 spiro atoms. The Bertz CT molecular complexity index is 796. The van der Waals surface area contributed by atoms with Crippen LogP contribution in [0.25, 0.3) is 10.2 Å². The van der Waals surface area contributed by atoms with E-state index < -0.39 is 0 Å². The van der Waals surface area contributed by atoms with Crippen LogP contribution in [0, 0.1) is 5.92 Å². The molecule has 2 atom stereocenters. The summed E-state index contributed by atoms with van der Waals surface area (Å²) in [6.45, 7) is 13.0. The quantitative estimate of drug-likeness (QED) is 0.716. The molecule has 0 unspecified atom stereocenters. The van der Waals surface area contributed by atoms with Crippen molar-refractivity contribution >= 4 is 21.6 Å². The van der Waals surface area contributed by atoms with Crippen molar-refractivity contribution in [3.05, 3.63) is 28.8 Å². The molecule has 3 heterocycles. The van der Waals surface area contributed by atoms with Crippen molar-refractivity contribution in [1.29, 1.82) is 0 Å². The maximum Gasteiger partial charge on any atom is 0.0971 e. The van der Waals surface area contributed by atoms with Crippen LogP contribution in [0.2, 0.25) is 0 Å². The highest BCUT2D eigenvalue weighted by Gasteiger charge is 2.44. The Morgan fingerprint density at radius 3 is 2.44 bits per heavy atom. The van der Waals surface area contributed by atoms with E-state index in [1.807, 2.05) is 11.3 Å². The molecular weight excluding hydrogens is 350 g/mol. The lowest BCUT2D eigenvalue weighted by Crippen LogP contribution is -2.58. The summed E-state index contributed by atoms with van der Waals surface area (Å²) in [5.41, 5.74) is 3.07. The topological polar surface area (TPSA) is 28.2 Å². The van der Waals surface area contributed by atoms with E-state index in [4.69, 9.17) is 4.98 Å². The van der Waals surface area contributed by atoms with Crippen LogP contribution >= 0.6 is 11.3 Å². The SMILES string of the molecule is C[C@H]1CC[C@H](c2cccc3nc(C4CC(C)(C)N(C)C(C)(C)C4)sc23)NC1. The molecule has 1 aromatic heterocycles. The van der Waals surface area contributed by atoms with E-state index in [1.54, 1.807) is 0 Å². The van der Waals surface area contributed by atoms with Gasteiger partial charge in [-0.1, -0.05) is 19.1 Å². The van der Waals surface area contributed by atoms with Gasteiger partial charge in [0.1, 0.15) is 0 Å². The molecule has 0 saturated carbocycles. The number of likely N-dealkylation sites (tertiary alicyclic amines) is 1. The molecule has 2 fully saturated rings. The number of hydrogen-bond acceptors (Lipinski definition) is 4. The lowest BCUT2D eigenvalue weighted by molar-refractivity contribution is -0.0128. The number of nitrogens with one attached hydrogen (secondary N) is 1. The summed E-state index contributed by atoms with van der Waals surface area (Å²) in [4.78, 5) is 7.69. The molecule has 148 valence electrons. The molecule has 2 saturated heterocycles. The second kappa shape index (κ2) is 6.82. The van der Waals surface area contributed by atoms with Gasteiger partial charge >= 0.3 is 0 Å². The molecule has 2 aliphatic rings. The summed E-state index contributed by atoms with van der Waals surface area (Å²) < 4.78 is 1.41. The van der Waals surface area contributed by atoms with Gasteiger partial charge in [-0.25, -0.2) is 4.98 Å². The molecule has 4 rings (SSSR count). The smallest absolute Gasteiger partial charge is 0.0971 e. The van der Waals surface area contributed by atoms with Crippen molar-refractivity contribution in [2.24, 2.45) is 5.92 Å². The Morgan fingerprint density at radius 2 is 1.81 bits per heavy atom. The first-order chi connectivity index (χ1) is 12.7. The molecule has 1 N–H and O–H groups in total. The number of hydrogen-bond donors (Lipinski definition) is 1. The summed E-state index contributed by atoms with van der Waals surface area (Å²) in [6, 6.07) is 7.21. The maximum absolute atomic E-state index is 5.14. The zero-order chi connectivity index (χ0) is 19.4. The zero-order valence-electron chi connectivity index (χ0n) is 17.8. The van der Waals surface area contributed by atoms with Crippen LogP contribution in [0.5, 0.6) is 0 Å². The van der Waals surface area contributed by atoms with Gasteiger partial charge in [0.25, 0.3) is 0 Å². The fourth-order valence-electron chi connectivity index (χ4n) is 5.25. The average molecular weight is 386 g/mol. The van der Waals surface area contributed by atoms with Gasteiger partial charge in [0.05, 0.1) is 15.2 Å². The van der Waals surface area contributed by atoms with Crippen LogP contribution in [-0.4, -0.2) is 34.6 Å². The van der Waals surface area contributed by atoms with Crippen LogP contribution < -0.4 is 5.32 Å². The van der Waals surface area contributed by atoms with Gasteiger partial charge in [-0.05, 0) is 84.5 Å². The summed E-state index contributed by atoms with van der Waals surface area (Å²) >= 11 is 1.96. The van der Waals surface area contributed by atoms with Crippen LogP contribution in [0.4, 0.5) is 0 Å². The number of piperidine rings is 2. The van der Waals surface area contributed by atoms with E-state index in [2.05, 4.69) is 70.1 Å². The van der Waals surface area contributed by atoms with Crippen molar-refractivity contribution in [3.8, 4) is 0 Å². The molecule has 0 radical (unpaired) electrons. The Kier molecular flexibility index (Phi) is 4.89. The minimum atomic E-state index is 0.203. The van der Waals surface area contributed by atoms with E-state index in [-0.39, 0.29) is 11.1 Å². The molecule has 1 aromatic carbocycles. The van der Waals surface area contributed by atoms with E-state index in [0.717, 1.165) is 12.5 Å². The minimum absolute atomic E-state index is 0.203. The third-order valence-electron chi connectivity index (χ3n) is 7.16. The van der Waals surface area contributed by atoms with Gasteiger partial charge in [0.15, 0.2) is 0 Å². The second-order valence-corrected chi connectivity index (χ2v) is 11.2. The molecular formula is C23H35N3S. The van der Waals surface area contributed by atoms with Gasteiger partial charge in [-0.15, -0.1) is 11.3 Å². The van der Waals surface area contributed by atoms with Gasteiger partial charge in [-0.3, -0.25) is 4.90 Å². The van der Waals surface area contributed by atoms with Crippen molar-refractivity contribution in [3.63, 3.8) is 0 Å². The van der Waals surface area contributed by atoms with Gasteiger partial charge < -0.3 is 5.32 Å². The van der Waals surface area contributed by atoms with Crippen LogP contribution in [-0.2, 0) is 0 Å². The third-order valence-corrected chi connectivity index (χ3v) is 8.44. The van der Waals surface area contributed by atoms with Crippen molar-refractivity contribution < 1.29 is 0 Å². The maximum atomic E-state index is 5.14. The fourth-order valence-corrected chi connectivity index (χ4v) is 6.48. The van der Waals surface area contributed by atoms with Crippen molar-refractivity contribution in [2.45, 2.75) is 83.3 Å². The monoisotopic (exact) mass is 385 g/mol. The molecule has 0 bridgehead atoms. The number of rotatable bonds is 2. The predicted molar refractivity (Wildman–Crippen MR) is 117 cm³/mol. The molecule has 3 nitrogen and oxygen atoms in total. The molecule has 0 aliphatic carbocycles. The van der Waals surface area contributed by atoms with E-state index >= 15 is 0 Å². The summed E-state index contributed by atoms with van der Waals surface area (Å²) in [5.74, 6) is 1.34. The van der Waals surface area contributed by atoms with Crippen LogP contribution in [0.1, 0.15) is 82.8 Å². The lowest BCUT2D eigenvalue weighted by atomic mass is 9.74. The Labute approximate surface area is 168 Å².